The number of halogens is 2. The van der Waals surface area contributed by atoms with Gasteiger partial charge in [0.1, 0.15) is 11.6 Å². The number of hydrogen-bond acceptors (Lipinski definition) is 6. The van der Waals surface area contributed by atoms with Crippen LogP contribution in [0.3, 0.4) is 0 Å². The molecule has 4 rings (SSSR count). The fourth-order valence-electron chi connectivity index (χ4n) is 3.46. The van der Waals surface area contributed by atoms with E-state index in [2.05, 4.69) is 24.8 Å². The summed E-state index contributed by atoms with van der Waals surface area (Å²) in [6, 6.07) is 13.2. The molecule has 0 spiro atoms. The van der Waals surface area contributed by atoms with E-state index in [1.807, 2.05) is 24.3 Å². The van der Waals surface area contributed by atoms with Crippen molar-refractivity contribution in [1.29, 1.82) is 0 Å². The first-order valence-electron chi connectivity index (χ1n) is 10.4. The van der Waals surface area contributed by atoms with Crippen molar-refractivity contribution in [3.63, 3.8) is 0 Å². The Morgan fingerprint density at radius 1 is 1.12 bits per heavy atom. The summed E-state index contributed by atoms with van der Waals surface area (Å²) in [6.45, 7) is 4.78. The largest absolute Gasteiger partial charge is 0.344 e. The monoisotopic (exact) mass is 474 g/mol. The highest BCUT2D eigenvalue weighted by Gasteiger charge is 2.20. The molecule has 0 radical (unpaired) electrons. The molecular formula is C22H24ClFN6OS. The van der Waals surface area contributed by atoms with Gasteiger partial charge in [-0.25, -0.2) is 14.2 Å². The molecule has 1 aliphatic heterocycles. The molecule has 3 aromatic rings. The lowest BCUT2D eigenvalue weighted by atomic mass is 10.1. The number of hydrogen-bond donors (Lipinski definition) is 2. The number of nitrogens with zero attached hydrogens (tertiary/aromatic N) is 4. The fourth-order valence-corrected chi connectivity index (χ4v) is 4.32. The molecule has 2 N–H and O–H groups in total. The first kappa shape index (κ1) is 22.4. The van der Waals surface area contributed by atoms with E-state index in [4.69, 9.17) is 16.6 Å². The molecule has 0 atom stereocenters. The Hall–Kier alpha value is -2.75. The lowest BCUT2D eigenvalue weighted by molar-refractivity contribution is 0.240. The topological polar surface area (TPSA) is 73.4 Å². The zero-order valence-electron chi connectivity index (χ0n) is 17.4. The number of carbonyl (C=O) groups excluding carboxylic acids is 1. The van der Waals surface area contributed by atoms with E-state index >= 15 is 0 Å². The zero-order chi connectivity index (χ0) is 22.3. The third-order valence-corrected chi connectivity index (χ3v) is 6.24. The molecule has 10 heteroatoms. The van der Waals surface area contributed by atoms with E-state index < -0.39 is 0 Å². The highest BCUT2D eigenvalue weighted by Crippen LogP contribution is 2.21. The highest BCUT2D eigenvalue weighted by atomic mass is 35.5. The Morgan fingerprint density at radius 2 is 1.91 bits per heavy atom. The van der Waals surface area contributed by atoms with Crippen LogP contribution >= 0.6 is 23.1 Å². The van der Waals surface area contributed by atoms with Crippen LogP contribution in [-0.4, -0.2) is 59.6 Å². The third-order valence-electron chi connectivity index (χ3n) is 5.17. The van der Waals surface area contributed by atoms with Crippen molar-refractivity contribution in [2.24, 2.45) is 0 Å². The van der Waals surface area contributed by atoms with Crippen molar-refractivity contribution in [3.05, 3.63) is 70.8 Å². The van der Waals surface area contributed by atoms with Crippen LogP contribution in [0, 0.1) is 5.82 Å². The van der Waals surface area contributed by atoms with Gasteiger partial charge in [-0.2, -0.15) is 4.37 Å². The van der Waals surface area contributed by atoms with Gasteiger partial charge in [-0.1, -0.05) is 29.8 Å². The van der Waals surface area contributed by atoms with Gasteiger partial charge in [0.05, 0.1) is 0 Å². The molecule has 7 nitrogen and oxygen atoms in total. The van der Waals surface area contributed by atoms with Crippen LogP contribution in [0.1, 0.15) is 11.4 Å². The third kappa shape index (κ3) is 6.38. The van der Waals surface area contributed by atoms with Gasteiger partial charge in [0.25, 0.3) is 0 Å². The molecule has 1 saturated heterocycles. The molecule has 2 heterocycles. The molecule has 0 bridgehead atoms. The summed E-state index contributed by atoms with van der Waals surface area (Å²) < 4.78 is 17.7. The number of anilines is 2. The summed E-state index contributed by atoms with van der Waals surface area (Å²) in [5.41, 5.74) is 1.57. The number of urea groups is 1. The van der Waals surface area contributed by atoms with Gasteiger partial charge < -0.3 is 15.5 Å². The Bertz CT molecular complexity index is 1040. The zero-order valence-corrected chi connectivity index (χ0v) is 19.0. The molecule has 32 heavy (non-hydrogen) atoms. The summed E-state index contributed by atoms with van der Waals surface area (Å²) in [4.78, 5) is 21.2. The number of nitrogens with one attached hydrogen (secondary N) is 2. The predicted octanol–water partition coefficient (Wildman–Crippen LogP) is 3.87. The smallest absolute Gasteiger partial charge is 0.319 e. The molecule has 0 saturated carbocycles. The Morgan fingerprint density at radius 3 is 2.66 bits per heavy atom. The molecule has 2 amide bonds. The molecule has 0 unspecified atom stereocenters. The number of benzene rings is 2. The first-order chi connectivity index (χ1) is 15.5. The van der Waals surface area contributed by atoms with Crippen LogP contribution in [0.5, 0.6) is 0 Å². The van der Waals surface area contributed by atoms with E-state index in [1.165, 1.54) is 23.7 Å². The summed E-state index contributed by atoms with van der Waals surface area (Å²) in [5.74, 6) is 0.441. The van der Waals surface area contributed by atoms with E-state index in [-0.39, 0.29) is 11.8 Å². The average Bonchev–Trinajstić information content (AvgIpc) is 3.24. The quantitative estimate of drug-likeness (QED) is 0.544. The van der Waals surface area contributed by atoms with Crippen LogP contribution in [0.25, 0.3) is 0 Å². The van der Waals surface area contributed by atoms with Gasteiger partial charge in [0.15, 0.2) is 0 Å². The standard InChI is InChI=1S/C22H24ClFN6OS/c23-17-6-4-16(5-7-17)14-20-27-22(32-28-20)30-12-10-29(11-13-30)9-8-25-21(31)26-19-3-1-2-18(24)15-19/h1-7,15H,8-14H2,(H2,25,26,31). The second-order valence-electron chi connectivity index (χ2n) is 7.52. The fraction of sp³-hybridized carbons (Fsp3) is 0.318. The van der Waals surface area contributed by atoms with E-state index in [1.54, 1.807) is 12.1 Å². The molecule has 2 aromatic carbocycles. The van der Waals surface area contributed by atoms with Gasteiger partial charge >= 0.3 is 6.03 Å². The highest BCUT2D eigenvalue weighted by molar-refractivity contribution is 7.09. The van der Waals surface area contributed by atoms with Crippen LogP contribution < -0.4 is 15.5 Å². The van der Waals surface area contributed by atoms with Crippen molar-refractivity contribution < 1.29 is 9.18 Å². The lowest BCUT2D eigenvalue weighted by Gasteiger charge is -2.34. The SMILES string of the molecule is O=C(NCCN1CCN(c2nc(Cc3ccc(Cl)cc3)ns2)CC1)Nc1cccc(F)c1. The molecule has 168 valence electrons. The Balaban J connectivity index is 1.17. The minimum absolute atomic E-state index is 0.337. The molecule has 1 aliphatic rings. The molecule has 1 fully saturated rings. The van der Waals surface area contributed by atoms with Gasteiger partial charge in [-0.15, -0.1) is 0 Å². The van der Waals surface area contributed by atoms with Gasteiger partial charge in [0, 0.05) is 67.9 Å². The predicted molar refractivity (Wildman–Crippen MR) is 126 cm³/mol. The summed E-state index contributed by atoms with van der Waals surface area (Å²) >= 11 is 7.37. The van der Waals surface area contributed by atoms with Crippen molar-refractivity contribution in [2.45, 2.75) is 6.42 Å². The Labute approximate surface area is 195 Å². The second kappa shape index (κ2) is 10.7. The van der Waals surface area contributed by atoms with Crippen molar-refractivity contribution >= 4 is 40.0 Å². The van der Waals surface area contributed by atoms with E-state index in [0.29, 0.717) is 18.7 Å². The van der Waals surface area contributed by atoms with Crippen LogP contribution in [0.2, 0.25) is 5.02 Å². The van der Waals surface area contributed by atoms with Crippen molar-refractivity contribution in [2.75, 3.05) is 49.5 Å². The normalized spacial score (nSPS) is 14.4. The van der Waals surface area contributed by atoms with Gasteiger partial charge in [0.2, 0.25) is 5.13 Å². The van der Waals surface area contributed by atoms with Crippen molar-refractivity contribution in [3.8, 4) is 0 Å². The number of piperazine rings is 1. The number of carbonyl (C=O) groups is 1. The van der Waals surface area contributed by atoms with Gasteiger partial charge in [-0.05, 0) is 35.9 Å². The van der Waals surface area contributed by atoms with E-state index in [0.717, 1.165) is 54.3 Å². The average molecular weight is 475 g/mol. The summed E-state index contributed by atoms with van der Waals surface area (Å²) in [6.07, 6.45) is 0.691. The Kier molecular flexibility index (Phi) is 7.51. The second-order valence-corrected chi connectivity index (χ2v) is 8.68. The first-order valence-corrected chi connectivity index (χ1v) is 11.5. The summed E-state index contributed by atoms with van der Waals surface area (Å²) in [5, 5.41) is 7.12. The molecule has 0 aliphatic carbocycles. The van der Waals surface area contributed by atoms with Crippen LogP contribution in [0.4, 0.5) is 20.0 Å². The van der Waals surface area contributed by atoms with E-state index in [9.17, 15) is 9.18 Å². The lowest BCUT2D eigenvalue weighted by Crippen LogP contribution is -2.48. The minimum atomic E-state index is -0.381. The molecule has 1 aromatic heterocycles. The van der Waals surface area contributed by atoms with Crippen molar-refractivity contribution in [1.82, 2.24) is 19.6 Å². The maximum atomic E-state index is 13.2. The number of aromatic nitrogens is 2. The van der Waals surface area contributed by atoms with Crippen LogP contribution in [-0.2, 0) is 6.42 Å². The maximum Gasteiger partial charge on any atom is 0.319 e. The van der Waals surface area contributed by atoms with Gasteiger partial charge in [-0.3, -0.25) is 4.90 Å². The summed E-state index contributed by atoms with van der Waals surface area (Å²) in [7, 11) is 0. The minimum Gasteiger partial charge on any atom is -0.344 e. The van der Waals surface area contributed by atoms with Crippen LogP contribution in [0.15, 0.2) is 48.5 Å². The number of rotatable bonds is 7. The number of amides is 2. The molecular weight excluding hydrogens is 451 g/mol. The maximum absolute atomic E-state index is 13.2.